The quantitative estimate of drug-likeness (QED) is 0.146. The lowest BCUT2D eigenvalue weighted by molar-refractivity contribution is -0.463. The van der Waals surface area contributed by atoms with Gasteiger partial charge in [0.05, 0.1) is 16.8 Å². The lowest BCUT2D eigenvalue weighted by Gasteiger charge is -2.43. The molecule has 0 aromatic heterocycles. The number of alkyl halides is 34. The Balaban J connectivity index is 4.21. The number of hydrogen-bond acceptors (Lipinski definition) is 1. The van der Waals surface area contributed by atoms with E-state index < -0.39 is 129 Å². The first-order valence-corrected chi connectivity index (χ1v) is 13.4. The Morgan fingerprint density at radius 1 is 0.276 bits per heavy atom. The summed E-state index contributed by atoms with van der Waals surface area (Å²) in [6, 6.07) is -2.78. The minimum Gasteiger partial charge on any atom is -0.398 e. The number of rotatable bonds is 14. The first-order chi connectivity index (χ1) is 24.5. The molecular formula is C22H4BrF34N. The smallest absolute Gasteiger partial charge is 0.398 e. The van der Waals surface area contributed by atoms with Gasteiger partial charge in [-0.1, -0.05) is 15.9 Å². The van der Waals surface area contributed by atoms with Gasteiger partial charge in [0, 0.05) is 4.47 Å². The van der Waals surface area contributed by atoms with E-state index in [-0.39, 0.29) is 0 Å². The summed E-state index contributed by atoms with van der Waals surface area (Å²) in [6.07, 6.45) is -16.4. The molecule has 0 fully saturated rings. The Labute approximate surface area is 300 Å². The van der Waals surface area contributed by atoms with Crippen LogP contribution in [0.15, 0.2) is 16.6 Å². The van der Waals surface area contributed by atoms with Gasteiger partial charge in [-0.15, -0.1) is 0 Å². The van der Waals surface area contributed by atoms with Crippen molar-refractivity contribution in [2.24, 2.45) is 0 Å². The van der Waals surface area contributed by atoms with E-state index >= 15 is 0 Å². The van der Waals surface area contributed by atoms with E-state index in [0.717, 1.165) is 0 Å². The standard InChI is InChI=1S/C22H4BrF34N/c23-3-1-4(7(24,25)9(28,29)11(32,33)13(36,37)15(40,41)17(44,45)19(48,49)21(52,53)54)6(58)5(2-3)8(26,27)10(30,31)12(34,35)14(38,39)16(42,43)18(46,47)20(50,51)22(55,56)57/h1-2H,58H2. The predicted octanol–water partition coefficient (Wildman–Crippen LogP) is 13.0. The van der Waals surface area contributed by atoms with Crippen LogP contribution >= 0.6 is 15.9 Å². The maximum absolute atomic E-state index is 14.8. The molecule has 58 heavy (non-hydrogen) atoms. The number of hydrogen-bond donors (Lipinski definition) is 1. The molecule has 342 valence electrons. The van der Waals surface area contributed by atoms with Gasteiger partial charge in [-0.2, -0.15) is 149 Å². The Hall–Kier alpha value is -2.88. The van der Waals surface area contributed by atoms with Crippen LogP contribution in [0.2, 0.25) is 0 Å². The van der Waals surface area contributed by atoms with Crippen LogP contribution in [0.3, 0.4) is 0 Å². The average molecular weight is 1010 g/mol. The summed E-state index contributed by atoms with van der Waals surface area (Å²) in [5.74, 6) is -126. The van der Waals surface area contributed by atoms with Crippen molar-refractivity contribution in [1.29, 1.82) is 0 Å². The van der Waals surface area contributed by atoms with E-state index in [1.165, 1.54) is 15.9 Å². The molecule has 0 bridgehead atoms. The Morgan fingerprint density at radius 3 is 0.603 bits per heavy atom. The highest BCUT2D eigenvalue weighted by Gasteiger charge is 2.97. The third-order valence-electron chi connectivity index (χ3n) is 7.27. The zero-order valence-electron chi connectivity index (χ0n) is 25.0. The molecule has 0 aliphatic heterocycles. The maximum atomic E-state index is 14.8. The number of benzene rings is 1. The Bertz CT molecular complexity index is 1580. The van der Waals surface area contributed by atoms with Crippen molar-refractivity contribution in [3.05, 3.63) is 27.7 Å². The van der Waals surface area contributed by atoms with Crippen LogP contribution in [-0.2, 0) is 11.8 Å². The lowest BCUT2D eigenvalue weighted by atomic mass is 9.84. The average Bonchev–Trinajstić information content (AvgIpc) is 2.99. The summed E-state index contributed by atoms with van der Waals surface area (Å²) < 4.78 is 461. The predicted molar refractivity (Wildman–Crippen MR) is 118 cm³/mol. The number of nitrogen functional groups attached to an aromatic ring is 1. The van der Waals surface area contributed by atoms with E-state index in [2.05, 4.69) is 5.73 Å². The van der Waals surface area contributed by atoms with Gasteiger partial charge in [-0.05, 0) is 12.1 Å². The Morgan fingerprint density at radius 2 is 0.431 bits per heavy atom. The molecule has 2 N–H and O–H groups in total. The molecule has 1 aromatic rings. The maximum Gasteiger partial charge on any atom is 0.460 e. The lowest BCUT2D eigenvalue weighted by Crippen LogP contribution is -2.74. The van der Waals surface area contributed by atoms with Gasteiger partial charge < -0.3 is 5.73 Å². The van der Waals surface area contributed by atoms with Crippen LogP contribution in [0.5, 0.6) is 0 Å². The summed E-state index contributed by atoms with van der Waals surface area (Å²) in [5, 5.41) is 0. The van der Waals surface area contributed by atoms with Crippen LogP contribution in [0, 0.1) is 0 Å². The molecule has 1 rings (SSSR count). The molecule has 0 heterocycles. The van der Waals surface area contributed by atoms with Gasteiger partial charge in [0.1, 0.15) is 0 Å². The highest BCUT2D eigenvalue weighted by molar-refractivity contribution is 9.10. The van der Waals surface area contributed by atoms with Crippen molar-refractivity contribution in [3.63, 3.8) is 0 Å². The highest BCUT2D eigenvalue weighted by atomic mass is 79.9. The molecule has 36 heteroatoms. The molecule has 0 spiro atoms. The monoisotopic (exact) mass is 1010 g/mol. The van der Waals surface area contributed by atoms with Crippen LogP contribution < -0.4 is 5.73 Å². The molecule has 0 aliphatic rings. The van der Waals surface area contributed by atoms with Crippen molar-refractivity contribution in [2.45, 2.75) is 95.3 Å². The second kappa shape index (κ2) is 13.3. The first kappa shape index (κ1) is 53.1. The van der Waals surface area contributed by atoms with Gasteiger partial charge >= 0.3 is 95.3 Å². The van der Waals surface area contributed by atoms with Gasteiger partial charge in [-0.3, -0.25) is 0 Å². The number of anilines is 1. The molecule has 0 saturated carbocycles. The summed E-state index contributed by atoms with van der Waals surface area (Å²) in [5.41, 5.74) is -7.94. The van der Waals surface area contributed by atoms with Crippen LogP contribution in [0.1, 0.15) is 11.1 Å². The molecule has 1 aromatic carbocycles. The third-order valence-corrected chi connectivity index (χ3v) is 7.72. The largest absolute Gasteiger partial charge is 0.460 e. The van der Waals surface area contributed by atoms with Crippen molar-refractivity contribution >= 4 is 21.6 Å². The fourth-order valence-corrected chi connectivity index (χ4v) is 4.26. The molecule has 0 radical (unpaired) electrons. The summed E-state index contributed by atoms with van der Waals surface area (Å²) in [7, 11) is 0. The Kier molecular flexibility index (Phi) is 12.2. The second-order valence-electron chi connectivity index (χ2n) is 11.0. The highest BCUT2D eigenvalue weighted by Crippen LogP contribution is 2.68. The van der Waals surface area contributed by atoms with Crippen molar-refractivity contribution in [2.75, 3.05) is 5.73 Å². The van der Waals surface area contributed by atoms with Crippen molar-refractivity contribution in [1.82, 2.24) is 0 Å². The fourth-order valence-electron chi connectivity index (χ4n) is 3.80. The normalized spacial score (nSPS) is 16.6. The zero-order valence-corrected chi connectivity index (χ0v) is 26.5. The molecule has 1 nitrogen and oxygen atoms in total. The molecule has 0 saturated heterocycles. The second-order valence-corrected chi connectivity index (χ2v) is 11.9. The van der Waals surface area contributed by atoms with Gasteiger partial charge in [-0.25, -0.2) is 0 Å². The summed E-state index contributed by atoms with van der Waals surface area (Å²) in [6.45, 7) is 0. The fraction of sp³-hybridized carbons (Fsp3) is 0.727. The minimum absolute atomic E-state index is 1.39. The van der Waals surface area contributed by atoms with E-state index in [1.54, 1.807) is 0 Å². The van der Waals surface area contributed by atoms with E-state index in [9.17, 15) is 149 Å². The van der Waals surface area contributed by atoms with Gasteiger partial charge in [0.15, 0.2) is 0 Å². The van der Waals surface area contributed by atoms with Gasteiger partial charge in [0.2, 0.25) is 0 Å². The first-order valence-electron chi connectivity index (χ1n) is 12.6. The van der Waals surface area contributed by atoms with Crippen molar-refractivity contribution in [3.8, 4) is 0 Å². The molecule has 0 aliphatic carbocycles. The van der Waals surface area contributed by atoms with E-state index in [1.807, 2.05) is 0 Å². The molecular weight excluding hydrogens is 1000 g/mol. The minimum atomic E-state index is -9.41. The van der Waals surface area contributed by atoms with Crippen LogP contribution in [0.25, 0.3) is 0 Å². The SMILES string of the molecule is Nc1c(C(F)(F)C(F)(F)C(F)(F)C(F)(F)C(F)(F)C(F)(F)C(F)(F)C(F)(F)F)cc(Br)cc1C(F)(F)C(F)(F)C(F)(F)C(F)(F)C(F)(F)C(F)(F)C(F)(F)C(F)(F)F. The topological polar surface area (TPSA) is 26.0 Å². The molecule has 0 unspecified atom stereocenters. The third kappa shape index (κ3) is 6.32. The summed E-state index contributed by atoms with van der Waals surface area (Å²) in [4.78, 5) is 0. The number of halogens is 35. The molecule has 0 amide bonds. The molecule has 0 atom stereocenters. The zero-order chi connectivity index (χ0) is 47.7. The van der Waals surface area contributed by atoms with Crippen LogP contribution in [-0.4, -0.2) is 83.4 Å². The van der Waals surface area contributed by atoms with E-state index in [4.69, 9.17) is 0 Å². The van der Waals surface area contributed by atoms with Crippen molar-refractivity contribution < 1.29 is 149 Å². The van der Waals surface area contributed by atoms with E-state index in [0.29, 0.717) is 0 Å². The van der Waals surface area contributed by atoms with Gasteiger partial charge in [0.25, 0.3) is 0 Å². The van der Waals surface area contributed by atoms with Crippen LogP contribution in [0.4, 0.5) is 155 Å². The number of nitrogens with two attached hydrogens (primary N) is 1. The summed E-state index contributed by atoms with van der Waals surface area (Å²) >= 11 is 1.44.